The zero-order valence-electron chi connectivity index (χ0n) is 6.95. The maximum Gasteiger partial charge on any atom is 0.218 e. The lowest BCUT2D eigenvalue weighted by molar-refractivity contribution is -0.117. The molecule has 1 aliphatic rings. The molecule has 1 heterocycles. The molecule has 0 bridgehead atoms. The van der Waals surface area contributed by atoms with Crippen LogP contribution in [0, 0.1) is 0 Å². The summed E-state index contributed by atoms with van der Waals surface area (Å²) >= 11 is 3.39. The summed E-state index contributed by atoms with van der Waals surface area (Å²) in [6.07, 6.45) is 0.443. The molecule has 68 valence electrons. The van der Waals surface area contributed by atoms with E-state index < -0.39 is 0 Å². The Kier molecular flexibility index (Phi) is 3.94. The molecule has 1 rings (SSSR count). The zero-order chi connectivity index (χ0) is 8.97. The molecule has 12 heavy (non-hydrogen) atoms. The summed E-state index contributed by atoms with van der Waals surface area (Å²) in [4.78, 5) is 14.8. The number of rotatable bonds is 3. The van der Waals surface area contributed by atoms with Gasteiger partial charge in [-0.15, -0.1) is 0 Å². The van der Waals surface area contributed by atoms with Gasteiger partial charge in [-0.3, -0.25) is 9.79 Å². The van der Waals surface area contributed by atoms with E-state index in [0.29, 0.717) is 12.5 Å². The smallest absolute Gasteiger partial charge is 0.218 e. The first-order chi connectivity index (χ1) is 5.68. The number of nitrogens with zero attached hydrogens (tertiary/aromatic N) is 1. The molecule has 3 nitrogen and oxygen atoms in total. The fraction of sp³-hybridized carbons (Fsp3) is 0.714. The van der Waals surface area contributed by atoms with Crippen molar-refractivity contribution in [1.82, 2.24) is 0 Å². The number of hydrogen-bond donors (Lipinski definition) is 1. The summed E-state index contributed by atoms with van der Waals surface area (Å²) in [6.45, 7) is 2.09. The largest absolute Gasteiger partial charge is 0.370 e. The van der Waals surface area contributed by atoms with Crippen LogP contribution in [0.2, 0.25) is 0 Å². The summed E-state index contributed by atoms with van der Waals surface area (Å²) in [5, 5.41) is 0. The number of aliphatic imine (C=N–C) groups is 1. The number of amides is 1. The highest BCUT2D eigenvalue weighted by Gasteiger charge is 2.13. The second-order valence-electron chi connectivity index (χ2n) is 2.62. The molecule has 0 radical (unpaired) electrons. The number of carbonyl (C=O) groups excluding carboxylic acids is 1. The number of thioether (sulfide) groups is 2. The van der Waals surface area contributed by atoms with Crippen molar-refractivity contribution in [3.8, 4) is 0 Å². The first kappa shape index (κ1) is 9.92. The van der Waals surface area contributed by atoms with Crippen molar-refractivity contribution in [1.29, 1.82) is 0 Å². The second kappa shape index (κ2) is 4.77. The molecule has 0 aromatic heterocycles. The Bertz CT molecular complexity index is 206. The highest BCUT2D eigenvalue weighted by Crippen LogP contribution is 2.25. The van der Waals surface area contributed by atoms with Gasteiger partial charge in [0.15, 0.2) is 0 Å². The van der Waals surface area contributed by atoms with Crippen LogP contribution in [-0.4, -0.2) is 27.8 Å². The van der Waals surface area contributed by atoms with Crippen LogP contribution in [0.4, 0.5) is 0 Å². The van der Waals surface area contributed by atoms with Gasteiger partial charge in [0.2, 0.25) is 5.91 Å². The predicted octanol–water partition coefficient (Wildman–Crippen LogP) is 1.09. The van der Waals surface area contributed by atoms with Crippen molar-refractivity contribution in [3.63, 3.8) is 0 Å². The van der Waals surface area contributed by atoms with E-state index in [1.54, 1.807) is 23.5 Å². The van der Waals surface area contributed by atoms with Crippen LogP contribution in [0.5, 0.6) is 0 Å². The van der Waals surface area contributed by atoms with Crippen LogP contribution >= 0.6 is 23.5 Å². The third kappa shape index (κ3) is 3.49. The monoisotopic (exact) mass is 204 g/mol. The normalized spacial score (nSPS) is 22.4. The Morgan fingerprint density at radius 1 is 1.92 bits per heavy atom. The van der Waals surface area contributed by atoms with Crippen molar-refractivity contribution >= 4 is 33.8 Å². The minimum Gasteiger partial charge on any atom is -0.370 e. The quantitative estimate of drug-likeness (QED) is 0.748. The highest BCUT2D eigenvalue weighted by molar-refractivity contribution is 8.39. The van der Waals surface area contributed by atoms with E-state index in [1.165, 1.54) is 0 Å². The molecule has 1 amide bonds. The third-order valence-corrected chi connectivity index (χ3v) is 3.82. The summed E-state index contributed by atoms with van der Waals surface area (Å²) < 4.78 is 1.10. The van der Waals surface area contributed by atoms with Crippen molar-refractivity contribution < 1.29 is 4.79 Å². The summed E-state index contributed by atoms with van der Waals surface area (Å²) in [7, 11) is 0. The maximum atomic E-state index is 10.4. The van der Waals surface area contributed by atoms with Gasteiger partial charge in [-0.25, -0.2) is 0 Å². The van der Waals surface area contributed by atoms with Crippen LogP contribution in [0.3, 0.4) is 0 Å². The van der Waals surface area contributed by atoms with Gasteiger partial charge in [0.1, 0.15) is 4.38 Å². The Hall–Kier alpha value is -0.160. The average molecular weight is 204 g/mol. The molecule has 0 aliphatic carbocycles. The molecular formula is C7H12N2OS2. The van der Waals surface area contributed by atoms with Crippen molar-refractivity contribution in [2.45, 2.75) is 19.4 Å². The minimum absolute atomic E-state index is 0.237. The van der Waals surface area contributed by atoms with Gasteiger partial charge < -0.3 is 5.73 Å². The second-order valence-corrected chi connectivity index (χ2v) is 4.97. The van der Waals surface area contributed by atoms with Gasteiger partial charge in [0.25, 0.3) is 0 Å². The van der Waals surface area contributed by atoms with Crippen molar-refractivity contribution in [2.75, 3.05) is 11.5 Å². The van der Waals surface area contributed by atoms with E-state index in [0.717, 1.165) is 15.9 Å². The van der Waals surface area contributed by atoms with Crippen LogP contribution in [0.15, 0.2) is 4.99 Å². The minimum atomic E-state index is -0.237. The number of nitrogens with two attached hydrogens (primary N) is 1. The van der Waals surface area contributed by atoms with E-state index in [2.05, 4.69) is 11.9 Å². The predicted molar refractivity (Wildman–Crippen MR) is 55.6 cm³/mol. The molecule has 0 fully saturated rings. The maximum absolute atomic E-state index is 10.4. The number of primary amides is 1. The van der Waals surface area contributed by atoms with Gasteiger partial charge in [-0.2, -0.15) is 0 Å². The van der Waals surface area contributed by atoms with Crippen molar-refractivity contribution in [2.24, 2.45) is 10.7 Å². The summed E-state index contributed by atoms with van der Waals surface area (Å²) in [5.74, 6) is 1.59. The standard InChI is InChI=1S/C7H12N2OS2/c1-5-4-12-7(9-5)11-3-2-6(8)10/h5H,2-4H2,1H3,(H2,8,10). The van der Waals surface area contributed by atoms with Crippen LogP contribution in [0.1, 0.15) is 13.3 Å². The van der Waals surface area contributed by atoms with Gasteiger partial charge in [0.05, 0.1) is 6.04 Å². The first-order valence-electron chi connectivity index (χ1n) is 3.80. The molecule has 1 atom stereocenters. The first-order valence-corrected chi connectivity index (χ1v) is 5.77. The molecule has 0 aromatic rings. The SMILES string of the molecule is CC1CSC(SCCC(N)=O)=N1. The number of hydrogen-bond acceptors (Lipinski definition) is 4. The lowest BCUT2D eigenvalue weighted by atomic mass is 10.4. The molecule has 1 unspecified atom stereocenters. The highest BCUT2D eigenvalue weighted by atomic mass is 32.2. The van der Waals surface area contributed by atoms with E-state index in [1.807, 2.05) is 0 Å². The molecule has 0 aromatic carbocycles. The van der Waals surface area contributed by atoms with Gasteiger partial charge in [0, 0.05) is 17.9 Å². The number of carbonyl (C=O) groups is 1. The molecular weight excluding hydrogens is 192 g/mol. The van der Waals surface area contributed by atoms with Gasteiger partial charge in [-0.1, -0.05) is 23.5 Å². The molecule has 1 aliphatic heterocycles. The Morgan fingerprint density at radius 2 is 2.67 bits per heavy atom. The Morgan fingerprint density at radius 3 is 3.17 bits per heavy atom. The molecule has 0 saturated carbocycles. The molecule has 2 N–H and O–H groups in total. The fourth-order valence-electron chi connectivity index (χ4n) is 0.764. The molecule has 0 saturated heterocycles. The van der Waals surface area contributed by atoms with Crippen LogP contribution in [0.25, 0.3) is 0 Å². The van der Waals surface area contributed by atoms with E-state index >= 15 is 0 Å². The van der Waals surface area contributed by atoms with Crippen molar-refractivity contribution in [3.05, 3.63) is 0 Å². The van der Waals surface area contributed by atoms with Crippen LogP contribution < -0.4 is 5.73 Å². The van der Waals surface area contributed by atoms with E-state index in [9.17, 15) is 4.79 Å². The zero-order valence-corrected chi connectivity index (χ0v) is 8.58. The van der Waals surface area contributed by atoms with E-state index in [-0.39, 0.29) is 5.91 Å². The summed E-state index contributed by atoms with van der Waals surface area (Å²) in [5.41, 5.74) is 5.01. The Balaban J connectivity index is 2.15. The molecule has 0 spiro atoms. The third-order valence-electron chi connectivity index (χ3n) is 1.35. The van der Waals surface area contributed by atoms with Crippen LogP contribution in [-0.2, 0) is 4.79 Å². The topological polar surface area (TPSA) is 55.5 Å². The fourth-order valence-corrected chi connectivity index (χ4v) is 3.00. The van der Waals surface area contributed by atoms with E-state index in [4.69, 9.17) is 5.73 Å². The lowest BCUT2D eigenvalue weighted by Crippen LogP contribution is -2.11. The van der Waals surface area contributed by atoms with Gasteiger partial charge >= 0.3 is 0 Å². The Labute approximate surface area is 80.6 Å². The average Bonchev–Trinajstić information content (AvgIpc) is 2.35. The lowest BCUT2D eigenvalue weighted by Gasteiger charge is -1.95. The summed E-state index contributed by atoms with van der Waals surface area (Å²) in [6, 6.07) is 0.436. The van der Waals surface area contributed by atoms with Gasteiger partial charge in [-0.05, 0) is 6.92 Å². The molecule has 5 heteroatoms.